The van der Waals surface area contributed by atoms with E-state index in [1.54, 1.807) is 0 Å². The number of hydrogen-bond donors (Lipinski definition) is 1. The molecule has 0 unspecified atom stereocenters. The van der Waals surface area contributed by atoms with Crippen molar-refractivity contribution < 1.29 is 9.59 Å². The molecule has 0 saturated heterocycles. The Labute approximate surface area is 86.4 Å². The van der Waals surface area contributed by atoms with Crippen molar-refractivity contribution in [3.63, 3.8) is 0 Å². The molecule has 78 valence electrons. The van der Waals surface area contributed by atoms with E-state index in [1.807, 2.05) is 30.3 Å². The van der Waals surface area contributed by atoms with Gasteiger partial charge in [-0.1, -0.05) is 30.3 Å². The van der Waals surface area contributed by atoms with Gasteiger partial charge in [-0.05, 0) is 5.56 Å². The highest BCUT2D eigenvalue weighted by Crippen LogP contribution is 2.16. The van der Waals surface area contributed by atoms with Crippen molar-refractivity contribution >= 4 is 0 Å². The van der Waals surface area contributed by atoms with Crippen LogP contribution in [0.1, 0.15) is 18.1 Å². The molecule has 1 atom stereocenters. The summed E-state index contributed by atoms with van der Waals surface area (Å²) in [6, 6.07) is 9.84. The minimum absolute atomic E-state index is 0.325. The highest BCUT2D eigenvalue weighted by atomic mass is 16.3. The number of aliphatic hydroxyl groups excluding tert-OH is 1. The number of hydrogen-bond acceptors (Lipinski definition) is 1. The predicted octanol–water partition coefficient (Wildman–Crippen LogP) is 1.82. The molecule has 1 rings (SSSR count). The fourth-order valence-corrected chi connectivity index (χ4v) is 1.35. The molecule has 0 aromatic heterocycles. The Bertz CT molecular complexity index is 263. The Morgan fingerprint density at radius 1 is 1.14 bits per heavy atom. The Balaban J connectivity index is 2.48. The fourth-order valence-electron chi connectivity index (χ4n) is 1.35. The molecule has 0 aliphatic heterocycles. The second kappa shape index (κ2) is 4.58. The third-order valence-corrected chi connectivity index (χ3v) is 2.26. The molecule has 0 radical (unpaired) electrons. The van der Waals surface area contributed by atoms with Gasteiger partial charge in [-0.3, -0.25) is 0 Å². The van der Waals surface area contributed by atoms with Crippen molar-refractivity contribution in [1.82, 2.24) is 0 Å². The minimum atomic E-state index is -0.325. The van der Waals surface area contributed by atoms with E-state index in [4.69, 9.17) is 0 Å². The maximum Gasteiger partial charge on any atom is 0.0843 e. The summed E-state index contributed by atoms with van der Waals surface area (Å²) in [4.78, 5) is 0. The zero-order chi connectivity index (χ0) is 10.6. The van der Waals surface area contributed by atoms with E-state index in [1.165, 1.54) is 0 Å². The summed E-state index contributed by atoms with van der Waals surface area (Å²) in [5, 5.41) is 9.87. The summed E-state index contributed by atoms with van der Waals surface area (Å²) >= 11 is 0. The zero-order valence-corrected chi connectivity index (χ0v) is 9.27. The zero-order valence-electron chi connectivity index (χ0n) is 9.27. The second-order valence-corrected chi connectivity index (χ2v) is 4.73. The van der Waals surface area contributed by atoms with E-state index >= 15 is 0 Å². The summed E-state index contributed by atoms with van der Waals surface area (Å²) < 4.78 is 0.893. The molecule has 2 heteroatoms. The van der Waals surface area contributed by atoms with Crippen LogP contribution in [0.2, 0.25) is 0 Å². The van der Waals surface area contributed by atoms with Gasteiger partial charge in [0.15, 0.2) is 0 Å². The molecule has 2 nitrogen and oxygen atoms in total. The van der Waals surface area contributed by atoms with Gasteiger partial charge in [0.05, 0.1) is 33.8 Å². The van der Waals surface area contributed by atoms with E-state index < -0.39 is 0 Å². The highest BCUT2D eigenvalue weighted by Gasteiger charge is 2.12. The van der Waals surface area contributed by atoms with Gasteiger partial charge >= 0.3 is 0 Å². The van der Waals surface area contributed by atoms with Crippen LogP contribution >= 0.6 is 0 Å². The molecular weight excluding hydrogens is 174 g/mol. The van der Waals surface area contributed by atoms with Gasteiger partial charge in [0.1, 0.15) is 0 Å². The molecule has 0 heterocycles. The van der Waals surface area contributed by atoms with Crippen LogP contribution in [0.3, 0.4) is 0 Å². The highest BCUT2D eigenvalue weighted by molar-refractivity contribution is 5.16. The van der Waals surface area contributed by atoms with Gasteiger partial charge < -0.3 is 9.59 Å². The third kappa shape index (κ3) is 3.90. The van der Waals surface area contributed by atoms with Gasteiger partial charge in [-0.2, -0.15) is 0 Å². The first kappa shape index (κ1) is 11.2. The largest absolute Gasteiger partial charge is 0.388 e. The van der Waals surface area contributed by atoms with Crippen LogP contribution in [0.25, 0.3) is 0 Å². The number of nitrogens with zero attached hydrogens (tertiary/aromatic N) is 1. The molecule has 0 aliphatic carbocycles. The van der Waals surface area contributed by atoms with E-state index in [-0.39, 0.29) is 6.10 Å². The number of quaternary nitrogens is 1. The van der Waals surface area contributed by atoms with E-state index in [0.29, 0.717) is 0 Å². The van der Waals surface area contributed by atoms with Crippen LogP contribution in [0.4, 0.5) is 0 Å². The number of benzene rings is 1. The second-order valence-electron chi connectivity index (χ2n) is 4.73. The SMILES string of the molecule is C[N+](C)(C)CC[C@H](O)c1ccccc1. The Morgan fingerprint density at radius 2 is 1.71 bits per heavy atom. The lowest BCUT2D eigenvalue weighted by molar-refractivity contribution is -0.871. The van der Waals surface area contributed by atoms with Crippen LogP contribution in [-0.2, 0) is 0 Å². The molecule has 0 fully saturated rings. The first-order valence-corrected chi connectivity index (χ1v) is 5.02. The van der Waals surface area contributed by atoms with E-state index in [0.717, 1.165) is 23.0 Å². The maximum atomic E-state index is 9.87. The molecule has 14 heavy (non-hydrogen) atoms. The molecule has 1 aromatic carbocycles. The molecule has 0 saturated carbocycles. The molecule has 1 N–H and O–H groups in total. The van der Waals surface area contributed by atoms with E-state index in [2.05, 4.69) is 21.1 Å². The third-order valence-electron chi connectivity index (χ3n) is 2.26. The molecule has 0 aliphatic rings. The molecule has 0 amide bonds. The van der Waals surface area contributed by atoms with Crippen molar-refractivity contribution in [2.45, 2.75) is 12.5 Å². The topological polar surface area (TPSA) is 20.2 Å². The average molecular weight is 194 g/mol. The summed E-state index contributed by atoms with van der Waals surface area (Å²) in [7, 11) is 6.41. The minimum Gasteiger partial charge on any atom is -0.388 e. The van der Waals surface area contributed by atoms with Crippen molar-refractivity contribution in [2.75, 3.05) is 27.7 Å². The average Bonchev–Trinajstić information content (AvgIpc) is 2.14. The van der Waals surface area contributed by atoms with Gasteiger partial charge in [-0.15, -0.1) is 0 Å². The summed E-state index contributed by atoms with van der Waals surface area (Å²) in [6.07, 6.45) is 0.488. The molecule has 0 spiro atoms. The van der Waals surface area contributed by atoms with Crippen molar-refractivity contribution in [3.8, 4) is 0 Å². The summed E-state index contributed by atoms with van der Waals surface area (Å²) in [6.45, 7) is 0.982. The van der Waals surface area contributed by atoms with Crippen molar-refractivity contribution in [1.29, 1.82) is 0 Å². The van der Waals surface area contributed by atoms with E-state index in [9.17, 15) is 5.11 Å². The number of aliphatic hydroxyl groups is 1. The Kier molecular flexibility index (Phi) is 3.67. The predicted molar refractivity (Wildman–Crippen MR) is 58.9 cm³/mol. The Morgan fingerprint density at radius 3 is 2.21 bits per heavy atom. The van der Waals surface area contributed by atoms with Crippen molar-refractivity contribution in [2.24, 2.45) is 0 Å². The monoisotopic (exact) mass is 194 g/mol. The van der Waals surface area contributed by atoms with Gasteiger partial charge in [0, 0.05) is 6.42 Å². The first-order chi connectivity index (χ1) is 6.49. The standard InChI is InChI=1S/C12H20NO/c1-13(2,3)10-9-12(14)11-7-5-4-6-8-11/h4-8,12,14H,9-10H2,1-3H3/q+1/t12-/m0/s1. The van der Waals surface area contributed by atoms with Crippen LogP contribution < -0.4 is 0 Å². The molecular formula is C12H20NO+. The van der Waals surface area contributed by atoms with Crippen LogP contribution in [0, 0.1) is 0 Å². The van der Waals surface area contributed by atoms with Gasteiger partial charge in [-0.25, -0.2) is 0 Å². The molecule has 0 bridgehead atoms. The van der Waals surface area contributed by atoms with Gasteiger partial charge in [0.2, 0.25) is 0 Å². The van der Waals surface area contributed by atoms with Crippen LogP contribution in [0.15, 0.2) is 30.3 Å². The molecule has 1 aromatic rings. The quantitative estimate of drug-likeness (QED) is 0.725. The van der Waals surface area contributed by atoms with Gasteiger partial charge in [0.25, 0.3) is 0 Å². The summed E-state index contributed by atoms with van der Waals surface area (Å²) in [5.41, 5.74) is 1.01. The normalized spacial score (nSPS) is 14.0. The Hall–Kier alpha value is -0.860. The lowest BCUT2D eigenvalue weighted by Crippen LogP contribution is -2.36. The lowest BCUT2D eigenvalue weighted by atomic mass is 10.1. The van der Waals surface area contributed by atoms with Crippen molar-refractivity contribution in [3.05, 3.63) is 35.9 Å². The van der Waals surface area contributed by atoms with Crippen LogP contribution in [-0.4, -0.2) is 37.3 Å². The fraction of sp³-hybridized carbons (Fsp3) is 0.500. The smallest absolute Gasteiger partial charge is 0.0843 e. The maximum absolute atomic E-state index is 9.87. The summed E-state index contributed by atoms with van der Waals surface area (Å²) in [5.74, 6) is 0. The lowest BCUT2D eigenvalue weighted by Gasteiger charge is -2.25. The van der Waals surface area contributed by atoms with Crippen LogP contribution in [0.5, 0.6) is 0 Å². The first-order valence-electron chi connectivity index (χ1n) is 5.02. The number of rotatable bonds is 4.